The van der Waals surface area contributed by atoms with E-state index in [0.717, 1.165) is 18.4 Å². The molecule has 0 radical (unpaired) electrons. The van der Waals surface area contributed by atoms with Crippen molar-refractivity contribution in [1.82, 2.24) is 15.0 Å². The van der Waals surface area contributed by atoms with Gasteiger partial charge in [0.2, 0.25) is 0 Å². The van der Waals surface area contributed by atoms with E-state index in [1.165, 1.54) is 0 Å². The Labute approximate surface area is 174 Å². The number of hydrogen-bond donors (Lipinski definition) is 0. The highest BCUT2D eigenvalue weighted by Crippen LogP contribution is 2.35. The summed E-state index contributed by atoms with van der Waals surface area (Å²) < 4.78 is 34.2. The minimum atomic E-state index is -3.65. The van der Waals surface area contributed by atoms with Crippen molar-refractivity contribution in [2.45, 2.75) is 13.3 Å². The number of nitrogens with zero attached hydrogens (tertiary/aromatic N) is 3. The summed E-state index contributed by atoms with van der Waals surface area (Å²) in [7, 11) is -3.65. The van der Waals surface area contributed by atoms with Gasteiger partial charge in [-0.05, 0) is 55.0 Å². The van der Waals surface area contributed by atoms with Crippen LogP contribution < -0.4 is 8.92 Å². The van der Waals surface area contributed by atoms with Crippen molar-refractivity contribution in [2.75, 3.05) is 6.26 Å². The van der Waals surface area contributed by atoms with Crippen molar-refractivity contribution in [3.8, 4) is 28.6 Å². The number of rotatable bonds is 6. The van der Waals surface area contributed by atoms with Gasteiger partial charge in [-0.1, -0.05) is 13.0 Å². The zero-order valence-electron chi connectivity index (χ0n) is 16.4. The number of aromatic nitrogens is 3. The molecule has 4 aromatic rings. The largest absolute Gasteiger partial charge is 0.454 e. The van der Waals surface area contributed by atoms with Gasteiger partial charge in [-0.3, -0.25) is 9.97 Å². The molecule has 0 aliphatic carbocycles. The molecular formula is C22H19N3O4S. The predicted octanol–water partition coefficient (Wildman–Crippen LogP) is 4.38. The molecule has 0 spiro atoms. The highest BCUT2D eigenvalue weighted by Gasteiger charge is 2.14. The monoisotopic (exact) mass is 421 g/mol. The van der Waals surface area contributed by atoms with Crippen molar-refractivity contribution < 1.29 is 17.3 Å². The van der Waals surface area contributed by atoms with Crippen LogP contribution in [0.25, 0.3) is 22.3 Å². The fourth-order valence-corrected chi connectivity index (χ4v) is 3.44. The number of hydrogen-bond acceptors (Lipinski definition) is 7. The standard InChI is InChI=1S/C22H19N3O4S/c1-3-15-7-10-21(22(25-15)19-6-4-5-12-23-19)28-20-11-13-24-18-9-8-16(14-17(18)20)29-30(2,26)27/h4-14H,3H2,1-2H3. The maximum atomic E-state index is 11.5. The topological polar surface area (TPSA) is 91.3 Å². The van der Waals surface area contributed by atoms with Crippen molar-refractivity contribution in [3.63, 3.8) is 0 Å². The maximum absolute atomic E-state index is 11.5. The third kappa shape index (κ3) is 4.38. The van der Waals surface area contributed by atoms with E-state index >= 15 is 0 Å². The van der Waals surface area contributed by atoms with Crippen molar-refractivity contribution in [2.24, 2.45) is 0 Å². The highest BCUT2D eigenvalue weighted by molar-refractivity contribution is 7.86. The third-order valence-corrected chi connectivity index (χ3v) is 4.82. The van der Waals surface area contributed by atoms with Gasteiger partial charge in [0.15, 0.2) is 5.75 Å². The maximum Gasteiger partial charge on any atom is 0.306 e. The molecule has 4 rings (SSSR count). The predicted molar refractivity (Wildman–Crippen MR) is 114 cm³/mol. The average Bonchev–Trinajstić information content (AvgIpc) is 2.74. The Balaban J connectivity index is 1.80. The molecule has 0 amide bonds. The van der Waals surface area contributed by atoms with Gasteiger partial charge in [-0.15, -0.1) is 0 Å². The summed E-state index contributed by atoms with van der Waals surface area (Å²) in [5.41, 5.74) is 2.89. The minimum Gasteiger partial charge on any atom is -0.454 e. The van der Waals surface area contributed by atoms with Crippen LogP contribution in [-0.4, -0.2) is 29.6 Å². The van der Waals surface area contributed by atoms with Gasteiger partial charge in [0.1, 0.15) is 17.2 Å². The Morgan fingerprint density at radius 1 is 0.933 bits per heavy atom. The van der Waals surface area contributed by atoms with Crippen molar-refractivity contribution in [1.29, 1.82) is 0 Å². The zero-order chi connectivity index (χ0) is 21.1. The lowest BCUT2D eigenvalue weighted by Crippen LogP contribution is -2.05. The van der Waals surface area contributed by atoms with Crippen LogP contribution in [0.5, 0.6) is 17.2 Å². The molecule has 0 fully saturated rings. The minimum absolute atomic E-state index is 0.187. The van der Waals surface area contributed by atoms with Gasteiger partial charge in [0.05, 0.1) is 17.5 Å². The molecule has 0 atom stereocenters. The van der Waals surface area contributed by atoms with Gasteiger partial charge < -0.3 is 8.92 Å². The molecule has 152 valence electrons. The van der Waals surface area contributed by atoms with E-state index in [2.05, 4.69) is 9.97 Å². The van der Waals surface area contributed by atoms with Gasteiger partial charge >= 0.3 is 10.1 Å². The average molecular weight is 421 g/mol. The van der Waals surface area contributed by atoms with E-state index in [4.69, 9.17) is 13.9 Å². The summed E-state index contributed by atoms with van der Waals surface area (Å²) in [4.78, 5) is 13.4. The van der Waals surface area contributed by atoms with E-state index in [1.54, 1.807) is 36.7 Å². The Morgan fingerprint density at radius 2 is 1.80 bits per heavy atom. The van der Waals surface area contributed by atoms with E-state index in [-0.39, 0.29) is 5.75 Å². The summed E-state index contributed by atoms with van der Waals surface area (Å²) in [6, 6.07) is 15.9. The van der Waals surface area contributed by atoms with E-state index < -0.39 is 10.1 Å². The molecule has 0 saturated heterocycles. The van der Waals surface area contributed by atoms with Crippen LogP contribution >= 0.6 is 0 Å². The molecule has 0 saturated carbocycles. The van der Waals surface area contributed by atoms with Crippen LogP contribution in [0.15, 0.2) is 67.0 Å². The summed E-state index contributed by atoms with van der Waals surface area (Å²) >= 11 is 0. The molecule has 0 aliphatic heterocycles. The van der Waals surface area contributed by atoms with E-state index in [0.29, 0.717) is 33.8 Å². The number of pyridine rings is 3. The lowest BCUT2D eigenvalue weighted by molar-refractivity contribution is 0.484. The Kier molecular flexibility index (Phi) is 5.33. The van der Waals surface area contributed by atoms with Crippen LogP contribution in [0.3, 0.4) is 0 Å². The first-order valence-corrected chi connectivity index (χ1v) is 11.1. The summed E-state index contributed by atoms with van der Waals surface area (Å²) in [5.74, 6) is 1.22. The molecule has 8 heteroatoms. The Morgan fingerprint density at radius 3 is 2.53 bits per heavy atom. The second kappa shape index (κ2) is 8.08. The SMILES string of the molecule is CCc1ccc(Oc2ccnc3ccc(OS(C)(=O)=O)cc23)c(-c2ccccn2)n1. The van der Waals surface area contributed by atoms with E-state index in [9.17, 15) is 8.42 Å². The quantitative estimate of drug-likeness (QED) is 0.427. The Hall–Kier alpha value is -3.52. The molecule has 0 unspecified atom stereocenters. The van der Waals surface area contributed by atoms with Crippen molar-refractivity contribution >= 4 is 21.0 Å². The van der Waals surface area contributed by atoms with Gasteiger partial charge in [0, 0.05) is 23.5 Å². The normalized spacial score (nSPS) is 11.4. The van der Waals surface area contributed by atoms with Crippen LogP contribution in [0, 0.1) is 0 Å². The van der Waals surface area contributed by atoms with Crippen LogP contribution in [0.1, 0.15) is 12.6 Å². The highest BCUT2D eigenvalue weighted by atomic mass is 32.2. The first kappa shape index (κ1) is 19.8. The number of ether oxygens (including phenoxy) is 1. The number of benzene rings is 1. The molecule has 30 heavy (non-hydrogen) atoms. The molecule has 3 aromatic heterocycles. The van der Waals surface area contributed by atoms with Gasteiger partial charge in [-0.25, -0.2) is 4.98 Å². The van der Waals surface area contributed by atoms with Gasteiger partial charge in [-0.2, -0.15) is 8.42 Å². The first-order valence-electron chi connectivity index (χ1n) is 9.30. The molecular weight excluding hydrogens is 402 g/mol. The van der Waals surface area contributed by atoms with Gasteiger partial charge in [0.25, 0.3) is 0 Å². The van der Waals surface area contributed by atoms with Crippen LogP contribution in [-0.2, 0) is 16.5 Å². The fraction of sp³-hybridized carbons (Fsp3) is 0.136. The molecule has 7 nitrogen and oxygen atoms in total. The molecule has 1 aromatic carbocycles. The first-order chi connectivity index (χ1) is 14.4. The lowest BCUT2D eigenvalue weighted by Gasteiger charge is -2.13. The second-order valence-corrected chi connectivity index (χ2v) is 8.17. The Bertz CT molecular complexity index is 1310. The van der Waals surface area contributed by atoms with Crippen LogP contribution in [0.4, 0.5) is 0 Å². The summed E-state index contributed by atoms with van der Waals surface area (Å²) in [6.45, 7) is 2.03. The third-order valence-electron chi connectivity index (χ3n) is 4.33. The number of fused-ring (bicyclic) bond motifs is 1. The smallest absolute Gasteiger partial charge is 0.306 e. The molecule has 0 aliphatic rings. The molecule has 0 N–H and O–H groups in total. The summed E-state index contributed by atoms with van der Waals surface area (Å²) in [5, 5.41) is 0.616. The van der Waals surface area contributed by atoms with E-state index in [1.807, 2.05) is 37.3 Å². The fourth-order valence-electron chi connectivity index (χ4n) is 2.99. The van der Waals surface area contributed by atoms with Crippen LogP contribution in [0.2, 0.25) is 0 Å². The molecule has 3 heterocycles. The second-order valence-electron chi connectivity index (χ2n) is 6.60. The lowest BCUT2D eigenvalue weighted by atomic mass is 10.1. The van der Waals surface area contributed by atoms with Crippen molar-refractivity contribution in [3.05, 3.63) is 72.7 Å². The zero-order valence-corrected chi connectivity index (χ0v) is 17.3. The molecule has 0 bridgehead atoms. The number of aryl methyl sites for hydroxylation is 1. The summed E-state index contributed by atoms with van der Waals surface area (Å²) in [6.07, 6.45) is 5.11.